The largest absolute Gasteiger partial charge is 0.302 e. The van der Waals surface area contributed by atoms with Gasteiger partial charge in [-0.3, -0.25) is 0 Å². The standard InChI is InChI=1S/C12H22N2/c1-11(2,3)10-7-5-6-8-12(10,9-13)14-4/h10,14H,5-8H2,1-4H3. The minimum Gasteiger partial charge on any atom is -0.302 e. The molecule has 14 heavy (non-hydrogen) atoms. The molecule has 1 N–H and O–H groups in total. The molecular weight excluding hydrogens is 172 g/mol. The second kappa shape index (κ2) is 3.90. The lowest BCUT2D eigenvalue weighted by Gasteiger charge is -2.45. The van der Waals surface area contributed by atoms with Crippen molar-refractivity contribution in [2.24, 2.45) is 11.3 Å². The lowest BCUT2D eigenvalue weighted by atomic mass is 9.62. The summed E-state index contributed by atoms with van der Waals surface area (Å²) in [4.78, 5) is 0. The Balaban J connectivity index is 2.95. The Kier molecular flexibility index (Phi) is 3.21. The van der Waals surface area contributed by atoms with E-state index in [1.165, 1.54) is 19.3 Å². The molecule has 2 unspecified atom stereocenters. The monoisotopic (exact) mass is 194 g/mol. The first-order chi connectivity index (χ1) is 6.46. The normalized spacial score (nSPS) is 33.8. The zero-order valence-corrected chi connectivity index (χ0v) is 9.85. The number of nitriles is 1. The summed E-state index contributed by atoms with van der Waals surface area (Å²) in [5.41, 5.74) is -0.0599. The highest BCUT2D eigenvalue weighted by atomic mass is 15.0. The number of hydrogen-bond donors (Lipinski definition) is 1. The van der Waals surface area contributed by atoms with Crippen LogP contribution in [0.2, 0.25) is 0 Å². The van der Waals surface area contributed by atoms with Crippen molar-refractivity contribution in [3.05, 3.63) is 0 Å². The Bertz CT molecular complexity index is 234. The molecule has 0 spiro atoms. The molecule has 1 rings (SSSR count). The molecule has 0 aromatic carbocycles. The maximum absolute atomic E-state index is 9.36. The molecule has 0 amide bonds. The first-order valence-corrected chi connectivity index (χ1v) is 5.56. The van der Waals surface area contributed by atoms with Gasteiger partial charge in [-0.15, -0.1) is 0 Å². The maximum atomic E-state index is 9.36. The predicted octanol–water partition coefficient (Wildman–Crippen LogP) is 2.70. The molecule has 0 aromatic heterocycles. The Labute approximate surface area is 87.7 Å². The predicted molar refractivity (Wildman–Crippen MR) is 58.8 cm³/mol. The number of nitrogens with one attached hydrogen (secondary N) is 1. The molecule has 0 radical (unpaired) electrons. The minimum atomic E-state index is -0.281. The molecule has 0 aliphatic heterocycles. The second-order valence-corrected chi connectivity index (χ2v) is 5.50. The van der Waals surface area contributed by atoms with E-state index in [1.54, 1.807) is 0 Å². The Hall–Kier alpha value is -0.550. The first kappa shape index (κ1) is 11.5. The van der Waals surface area contributed by atoms with Crippen molar-refractivity contribution in [1.29, 1.82) is 5.26 Å². The number of hydrogen-bond acceptors (Lipinski definition) is 2. The highest BCUT2D eigenvalue weighted by Gasteiger charge is 2.45. The molecule has 1 aliphatic rings. The van der Waals surface area contributed by atoms with E-state index in [0.717, 1.165) is 6.42 Å². The molecule has 0 bridgehead atoms. The van der Waals surface area contributed by atoms with Gasteiger partial charge in [0.25, 0.3) is 0 Å². The molecule has 80 valence electrons. The van der Waals surface area contributed by atoms with Crippen molar-refractivity contribution in [3.8, 4) is 6.07 Å². The lowest BCUT2D eigenvalue weighted by molar-refractivity contribution is 0.0937. The van der Waals surface area contributed by atoms with Crippen molar-refractivity contribution in [2.75, 3.05) is 7.05 Å². The van der Waals surface area contributed by atoms with Crippen LogP contribution in [-0.2, 0) is 0 Å². The van der Waals surface area contributed by atoms with Crippen molar-refractivity contribution < 1.29 is 0 Å². The van der Waals surface area contributed by atoms with Crippen molar-refractivity contribution >= 4 is 0 Å². The van der Waals surface area contributed by atoms with Crippen LogP contribution in [-0.4, -0.2) is 12.6 Å². The molecule has 1 aliphatic carbocycles. The second-order valence-electron chi connectivity index (χ2n) is 5.50. The number of rotatable bonds is 1. The zero-order chi connectivity index (χ0) is 10.8. The van der Waals surface area contributed by atoms with Gasteiger partial charge in [0.2, 0.25) is 0 Å². The van der Waals surface area contributed by atoms with Gasteiger partial charge >= 0.3 is 0 Å². The molecular formula is C12H22N2. The van der Waals surface area contributed by atoms with E-state index in [4.69, 9.17) is 0 Å². The van der Waals surface area contributed by atoms with Gasteiger partial charge in [-0.1, -0.05) is 33.6 Å². The molecule has 2 atom stereocenters. The van der Waals surface area contributed by atoms with Crippen molar-refractivity contribution in [2.45, 2.75) is 52.0 Å². The van der Waals surface area contributed by atoms with Gasteiger partial charge < -0.3 is 5.32 Å². The van der Waals surface area contributed by atoms with Crippen LogP contribution in [0.1, 0.15) is 46.5 Å². The molecule has 2 nitrogen and oxygen atoms in total. The molecule has 2 heteroatoms. The number of nitrogens with zero attached hydrogens (tertiary/aromatic N) is 1. The van der Waals surface area contributed by atoms with Gasteiger partial charge in [0.15, 0.2) is 0 Å². The molecule has 0 aromatic rings. The fourth-order valence-corrected chi connectivity index (χ4v) is 2.83. The molecule has 1 saturated carbocycles. The fourth-order valence-electron chi connectivity index (χ4n) is 2.83. The summed E-state index contributed by atoms with van der Waals surface area (Å²) in [6.45, 7) is 6.73. The van der Waals surface area contributed by atoms with E-state index >= 15 is 0 Å². The third kappa shape index (κ3) is 1.93. The van der Waals surface area contributed by atoms with Gasteiger partial charge in [-0.05, 0) is 31.2 Å². The Morgan fingerprint density at radius 3 is 2.36 bits per heavy atom. The van der Waals surface area contributed by atoms with Gasteiger partial charge in [0.1, 0.15) is 5.54 Å². The third-order valence-electron chi connectivity index (χ3n) is 3.60. The minimum absolute atomic E-state index is 0.221. The summed E-state index contributed by atoms with van der Waals surface area (Å²) in [5, 5.41) is 12.6. The van der Waals surface area contributed by atoms with Crippen LogP contribution in [0.4, 0.5) is 0 Å². The quantitative estimate of drug-likeness (QED) is 0.696. The lowest BCUT2D eigenvalue weighted by Crippen LogP contribution is -2.54. The van der Waals surface area contributed by atoms with Crippen LogP contribution in [0.25, 0.3) is 0 Å². The van der Waals surface area contributed by atoms with Crippen LogP contribution in [0, 0.1) is 22.7 Å². The summed E-state index contributed by atoms with van der Waals surface area (Å²) in [6.07, 6.45) is 4.63. The topological polar surface area (TPSA) is 35.8 Å². The summed E-state index contributed by atoms with van der Waals surface area (Å²) < 4.78 is 0. The average Bonchev–Trinajstić information content (AvgIpc) is 2.16. The summed E-state index contributed by atoms with van der Waals surface area (Å²) in [5.74, 6) is 0.471. The van der Waals surface area contributed by atoms with Crippen LogP contribution in [0.15, 0.2) is 0 Å². The van der Waals surface area contributed by atoms with Gasteiger partial charge in [0.05, 0.1) is 6.07 Å². The summed E-state index contributed by atoms with van der Waals surface area (Å²) >= 11 is 0. The van der Waals surface area contributed by atoms with Gasteiger partial charge in [-0.25, -0.2) is 0 Å². The van der Waals surface area contributed by atoms with Crippen LogP contribution in [0.5, 0.6) is 0 Å². The van der Waals surface area contributed by atoms with E-state index in [0.29, 0.717) is 5.92 Å². The maximum Gasteiger partial charge on any atom is 0.109 e. The third-order valence-corrected chi connectivity index (χ3v) is 3.60. The highest BCUT2D eigenvalue weighted by Crippen LogP contribution is 2.43. The smallest absolute Gasteiger partial charge is 0.109 e. The highest BCUT2D eigenvalue weighted by molar-refractivity contribution is 5.14. The fraction of sp³-hybridized carbons (Fsp3) is 0.917. The Morgan fingerprint density at radius 2 is 2.00 bits per heavy atom. The van der Waals surface area contributed by atoms with Crippen LogP contribution in [0.3, 0.4) is 0 Å². The van der Waals surface area contributed by atoms with E-state index < -0.39 is 0 Å². The molecule has 0 heterocycles. The Morgan fingerprint density at radius 1 is 1.36 bits per heavy atom. The first-order valence-electron chi connectivity index (χ1n) is 5.56. The zero-order valence-electron chi connectivity index (χ0n) is 9.85. The van der Waals surface area contributed by atoms with Crippen LogP contribution < -0.4 is 5.32 Å². The van der Waals surface area contributed by atoms with E-state index in [9.17, 15) is 5.26 Å². The summed E-state index contributed by atoms with van der Waals surface area (Å²) in [7, 11) is 1.92. The van der Waals surface area contributed by atoms with Crippen LogP contribution >= 0.6 is 0 Å². The molecule has 1 fully saturated rings. The van der Waals surface area contributed by atoms with Gasteiger partial charge in [-0.2, -0.15) is 5.26 Å². The SMILES string of the molecule is CNC1(C#N)CCCCC1C(C)(C)C. The van der Waals surface area contributed by atoms with E-state index in [1.807, 2.05) is 7.05 Å². The van der Waals surface area contributed by atoms with Gasteiger partial charge in [0, 0.05) is 0 Å². The van der Waals surface area contributed by atoms with Crippen molar-refractivity contribution in [1.82, 2.24) is 5.32 Å². The summed E-state index contributed by atoms with van der Waals surface area (Å²) in [6, 6.07) is 2.51. The average molecular weight is 194 g/mol. The molecule has 0 saturated heterocycles. The van der Waals surface area contributed by atoms with Crippen molar-refractivity contribution in [3.63, 3.8) is 0 Å². The van der Waals surface area contributed by atoms with E-state index in [-0.39, 0.29) is 11.0 Å². The van der Waals surface area contributed by atoms with E-state index in [2.05, 4.69) is 32.2 Å².